The third-order valence-electron chi connectivity index (χ3n) is 2.39. The number of hydrogen-bond donors (Lipinski definition) is 2. The van der Waals surface area contributed by atoms with Crippen LogP contribution in [0.5, 0.6) is 5.88 Å². The third-order valence-corrected chi connectivity index (χ3v) is 2.39. The maximum Gasteiger partial charge on any atom is 0.342 e. The molecule has 0 amide bonds. The molecule has 17 heavy (non-hydrogen) atoms. The predicted molar refractivity (Wildman–Crippen MR) is 60.8 cm³/mol. The van der Waals surface area contributed by atoms with E-state index in [-0.39, 0.29) is 5.56 Å². The summed E-state index contributed by atoms with van der Waals surface area (Å²) in [6, 6.07) is 7.41. The molecule has 5 heteroatoms. The molecule has 86 valence electrons. The van der Waals surface area contributed by atoms with Crippen molar-refractivity contribution in [3.8, 4) is 17.3 Å². The largest absolute Gasteiger partial charge is 0.493 e. The Morgan fingerprint density at radius 3 is 2.59 bits per heavy atom. The highest BCUT2D eigenvalue weighted by Crippen LogP contribution is 2.22. The van der Waals surface area contributed by atoms with Crippen LogP contribution in [0.15, 0.2) is 30.5 Å². The molecule has 5 nitrogen and oxygen atoms in total. The van der Waals surface area contributed by atoms with Gasteiger partial charge in [0.15, 0.2) is 5.82 Å². The van der Waals surface area contributed by atoms with Gasteiger partial charge in [0.1, 0.15) is 5.56 Å². The van der Waals surface area contributed by atoms with E-state index in [0.29, 0.717) is 5.82 Å². The van der Waals surface area contributed by atoms with E-state index in [1.165, 1.54) is 0 Å². The highest BCUT2D eigenvalue weighted by atomic mass is 16.4. The summed E-state index contributed by atoms with van der Waals surface area (Å²) in [7, 11) is 0. The fourth-order valence-corrected chi connectivity index (χ4v) is 1.48. The van der Waals surface area contributed by atoms with Gasteiger partial charge in [0, 0.05) is 11.8 Å². The van der Waals surface area contributed by atoms with E-state index in [2.05, 4.69) is 9.97 Å². The van der Waals surface area contributed by atoms with Gasteiger partial charge in [0.2, 0.25) is 5.88 Å². The number of aromatic hydroxyl groups is 1. The van der Waals surface area contributed by atoms with Gasteiger partial charge in [-0.25, -0.2) is 9.78 Å². The highest BCUT2D eigenvalue weighted by Gasteiger charge is 2.13. The lowest BCUT2D eigenvalue weighted by molar-refractivity contribution is 0.0692. The van der Waals surface area contributed by atoms with Crippen LogP contribution in [0.1, 0.15) is 15.9 Å². The first kappa shape index (κ1) is 11.1. The molecule has 0 radical (unpaired) electrons. The van der Waals surface area contributed by atoms with Crippen molar-refractivity contribution in [3.05, 3.63) is 41.6 Å². The molecular weight excluding hydrogens is 220 g/mol. The van der Waals surface area contributed by atoms with Crippen LogP contribution in [0.2, 0.25) is 0 Å². The van der Waals surface area contributed by atoms with Crippen LogP contribution in [0.4, 0.5) is 0 Å². The van der Waals surface area contributed by atoms with Crippen molar-refractivity contribution in [1.82, 2.24) is 9.97 Å². The number of nitrogens with zero attached hydrogens (tertiary/aromatic N) is 2. The molecule has 0 aliphatic heterocycles. The Morgan fingerprint density at radius 2 is 2.00 bits per heavy atom. The molecule has 0 atom stereocenters. The van der Waals surface area contributed by atoms with Crippen LogP contribution in [0.25, 0.3) is 11.4 Å². The molecular formula is C12H10N2O3. The van der Waals surface area contributed by atoms with Crippen molar-refractivity contribution >= 4 is 5.97 Å². The second kappa shape index (κ2) is 4.21. The first-order valence-electron chi connectivity index (χ1n) is 4.95. The van der Waals surface area contributed by atoms with E-state index < -0.39 is 11.8 Å². The molecule has 0 fully saturated rings. The average molecular weight is 230 g/mol. The maximum atomic E-state index is 10.7. The fourth-order valence-electron chi connectivity index (χ4n) is 1.48. The zero-order chi connectivity index (χ0) is 12.4. The van der Waals surface area contributed by atoms with Crippen LogP contribution in [0.3, 0.4) is 0 Å². The van der Waals surface area contributed by atoms with Gasteiger partial charge in [-0.1, -0.05) is 24.3 Å². The number of benzene rings is 1. The Kier molecular flexibility index (Phi) is 2.74. The monoisotopic (exact) mass is 230 g/mol. The smallest absolute Gasteiger partial charge is 0.342 e. The van der Waals surface area contributed by atoms with Gasteiger partial charge in [-0.3, -0.25) is 0 Å². The van der Waals surface area contributed by atoms with E-state index in [4.69, 9.17) is 5.11 Å². The Labute approximate surface area is 97.4 Å². The van der Waals surface area contributed by atoms with Gasteiger partial charge in [-0.15, -0.1) is 0 Å². The molecule has 0 aliphatic rings. The van der Waals surface area contributed by atoms with Crippen molar-refractivity contribution in [2.24, 2.45) is 0 Å². The predicted octanol–water partition coefficient (Wildman–Crippen LogP) is 1.86. The van der Waals surface area contributed by atoms with Crippen LogP contribution >= 0.6 is 0 Å². The van der Waals surface area contributed by atoms with Gasteiger partial charge < -0.3 is 10.2 Å². The number of aromatic carboxylic acids is 1. The van der Waals surface area contributed by atoms with Crippen molar-refractivity contribution in [1.29, 1.82) is 0 Å². The molecule has 1 aromatic carbocycles. The molecule has 0 spiro atoms. The number of hydrogen-bond acceptors (Lipinski definition) is 4. The number of carboxylic acids is 1. The van der Waals surface area contributed by atoms with Crippen molar-refractivity contribution in [2.75, 3.05) is 0 Å². The molecule has 0 bridgehead atoms. The number of rotatable bonds is 2. The van der Waals surface area contributed by atoms with Crippen molar-refractivity contribution in [3.63, 3.8) is 0 Å². The summed E-state index contributed by atoms with van der Waals surface area (Å²) in [6.07, 6.45) is 1.10. The molecule has 2 N–H and O–H groups in total. The molecule has 0 saturated heterocycles. The van der Waals surface area contributed by atoms with E-state index >= 15 is 0 Å². The van der Waals surface area contributed by atoms with Gasteiger partial charge in [-0.2, -0.15) is 4.98 Å². The second-order valence-corrected chi connectivity index (χ2v) is 3.55. The second-order valence-electron chi connectivity index (χ2n) is 3.55. The van der Waals surface area contributed by atoms with Gasteiger partial charge in [0.25, 0.3) is 0 Å². The molecule has 1 aromatic heterocycles. The van der Waals surface area contributed by atoms with Crippen LogP contribution in [-0.4, -0.2) is 26.2 Å². The minimum Gasteiger partial charge on any atom is -0.493 e. The normalized spacial score (nSPS) is 10.2. The van der Waals surface area contributed by atoms with Crippen molar-refractivity contribution in [2.45, 2.75) is 6.92 Å². The van der Waals surface area contributed by atoms with E-state index in [1.54, 1.807) is 0 Å². The van der Waals surface area contributed by atoms with Crippen molar-refractivity contribution < 1.29 is 15.0 Å². The van der Waals surface area contributed by atoms with Crippen LogP contribution in [-0.2, 0) is 0 Å². The zero-order valence-corrected chi connectivity index (χ0v) is 9.08. The minimum absolute atomic E-state index is 0.303. The SMILES string of the molecule is Cc1ccccc1-c1ncc(C(=O)O)c(O)n1. The summed E-state index contributed by atoms with van der Waals surface area (Å²) in [6.45, 7) is 1.89. The summed E-state index contributed by atoms with van der Waals surface area (Å²) < 4.78 is 0. The van der Waals surface area contributed by atoms with Gasteiger partial charge in [-0.05, 0) is 12.5 Å². The zero-order valence-electron chi connectivity index (χ0n) is 9.08. The van der Waals surface area contributed by atoms with E-state index in [0.717, 1.165) is 17.3 Å². The first-order valence-corrected chi connectivity index (χ1v) is 4.95. The Bertz CT molecular complexity index is 582. The molecule has 2 rings (SSSR count). The lowest BCUT2D eigenvalue weighted by Crippen LogP contribution is -2.01. The Balaban J connectivity index is 2.52. The van der Waals surface area contributed by atoms with Crippen LogP contribution < -0.4 is 0 Å². The number of carbonyl (C=O) groups is 1. The maximum absolute atomic E-state index is 10.7. The van der Waals surface area contributed by atoms with Gasteiger partial charge in [0.05, 0.1) is 0 Å². The third kappa shape index (κ3) is 2.08. The molecule has 0 aliphatic carbocycles. The average Bonchev–Trinajstić information content (AvgIpc) is 2.29. The lowest BCUT2D eigenvalue weighted by Gasteiger charge is -2.05. The van der Waals surface area contributed by atoms with Crippen LogP contribution in [0, 0.1) is 6.92 Å². The standard InChI is InChI=1S/C12H10N2O3/c1-7-4-2-3-5-8(7)10-13-6-9(12(16)17)11(15)14-10/h2-6H,1H3,(H,16,17)(H,13,14,15). The quantitative estimate of drug-likeness (QED) is 0.822. The summed E-state index contributed by atoms with van der Waals surface area (Å²) in [5.41, 5.74) is 1.41. The summed E-state index contributed by atoms with van der Waals surface area (Å²) >= 11 is 0. The van der Waals surface area contributed by atoms with Gasteiger partial charge >= 0.3 is 5.97 Å². The fraction of sp³-hybridized carbons (Fsp3) is 0.0833. The topological polar surface area (TPSA) is 83.3 Å². The Hall–Kier alpha value is -2.43. The molecule has 2 aromatic rings. The summed E-state index contributed by atoms with van der Waals surface area (Å²) in [5, 5.41) is 18.2. The Morgan fingerprint density at radius 1 is 1.29 bits per heavy atom. The minimum atomic E-state index is -1.25. The highest BCUT2D eigenvalue weighted by molar-refractivity contribution is 5.89. The van der Waals surface area contributed by atoms with E-state index in [9.17, 15) is 9.90 Å². The van der Waals surface area contributed by atoms with E-state index in [1.807, 2.05) is 31.2 Å². The molecule has 0 unspecified atom stereocenters. The number of aromatic nitrogens is 2. The number of aryl methyl sites for hydroxylation is 1. The molecule has 1 heterocycles. The first-order chi connectivity index (χ1) is 8.09. The number of carboxylic acid groups (broad SMARTS) is 1. The summed E-state index contributed by atoms with van der Waals surface area (Å²) in [5.74, 6) is -1.46. The lowest BCUT2D eigenvalue weighted by atomic mass is 10.1. The summed E-state index contributed by atoms with van der Waals surface area (Å²) in [4.78, 5) is 18.4. The molecule has 0 saturated carbocycles.